The first-order chi connectivity index (χ1) is 11.7. The highest BCUT2D eigenvalue weighted by molar-refractivity contribution is 5.77. The molecule has 1 unspecified atom stereocenters. The Kier molecular flexibility index (Phi) is 4.63. The number of rotatable bonds is 5. The number of hydrogen-bond acceptors (Lipinski definition) is 4. The second kappa shape index (κ2) is 6.89. The lowest BCUT2D eigenvalue weighted by molar-refractivity contribution is -0.127. The second-order valence-electron chi connectivity index (χ2n) is 7.86. The molecule has 1 saturated carbocycles. The minimum atomic E-state index is 0.188. The highest BCUT2D eigenvalue weighted by atomic mass is 16.5. The van der Waals surface area contributed by atoms with Crippen molar-refractivity contribution < 1.29 is 13.9 Å². The van der Waals surface area contributed by atoms with Crippen LogP contribution >= 0.6 is 0 Å². The van der Waals surface area contributed by atoms with Gasteiger partial charge in [-0.2, -0.15) is 0 Å². The zero-order valence-corrected chi connectivity index (χ0v) is 14.3. The molecule has 2 saturated heterocycles. The fourth-order valence-electron chi connectivity index (χ4n) is 4.26. The van der Waals surface area contributed by atoms with Gasteiger partial charge in [-0.3, -0.25) is 9.69 Å². The van der Waals surface area contributed by atoms with Crippen LogP contribution in [0.1, 0.15) is 44.1 Å². The van der Waals surface area contributed by atoms with E-state index in [1.807, 2.05) is 12.3 Å². The summed E-state index contributed by atoms with van der Waals surface area (Å²) in [5, 5.41) is 3.31. The first-order valence-electron chi connectivity index (χ1n) is 9.34. The molecule has 1 aromatic rings. The summed E-state index contributed by atoms with van der Waals surface area (Å²) >= 11 is 0. The molecule has 2 aliphatic heterocycles. The number of nitrogens with one attached hydrogen (secondary N) is 1. The maximum Gasteiger partial charge on any atom is 0.220 e. The lowest BCUT2D eigenvalue weighted by Crippen LogP contribution is -2.57. The Morgan fingerprint density at radius 1 is 1.29 bits per heavy atom. The van der Waals surface area contributed by atoms with E-state index in [1.54, 1.807) is 6.26 Å². The topological polar surface area (TPSA) is 54.7 Å². The fourth-order valence-corrected chi connectivity index (χ4v) is 4.26. The van der Waals surface area contributed by atoms with Crippen LogP contribution in [0.4, 0.5) is 0 Å². The van der Waals surface area contributed by atoms with Crippen LogP contribution in [-0.2, 0) is 16.1 Å². The van der Waals surface area contributed by atoms with Gasteiger partial charge < -0.3 is 14.5 Å². The Morgan fingerprint density at radius 3 is 2.83 bits per heavy atom. The first kappa shape index (κ1) is 16.2. The molecule has 0 aromatic carbocycles. The Morgan fingerprint density at radius 2 is 2.12 bits per heavy atom. The minimum Gasteiger partial charge on any atom is -0.472 e. The molecular formula is C19H28N2O3. The molecule has 1 atom stereocenters. The van der Waals surface area contributed by atoms with Gasteiger partial charge in [0.25, 0.3) is 0 Å². The zero-order valence-electron chi connectivity index (χ0n) is 14.3. The van der Waals surface area contributed by atoms with Gasteiger partial charge in [0.15, 0.2) is 0 Å². The van der Waals surface area contributed by atoms with Crippen molar-refractivity contribution in [2.45, 2.75) is 51.1 Å². The van der Waals surface area contributed by atoms with E-state index in [-0.39, 0.29) is 17.4 Å². The van der Waals surface area contributed by atoms with Gasteiger partial charge in [-0.05, 0) is 62.6 Å². The summed E-state index contributed by atoms with van der Waals surface area (Å²) in [6.07, 6.45) is 10.1. The van der Waals surface area contributed by atoms with Gasteiger partial charge in [0.2, 0.25) is 5.91 Å². The number of ether oxygens (including phenoxy) is 1. The van der Waals surface area contributed by atoms with Crippen LogP contribution in [-0.4, -0.2) is 43.2 Å². The minimum absolute atomic E-state index is 0.188. The molecule has 0 radical (unpaired) electrons. The van der Waals surface area contributed by atoms with Crippen LogP contribution in [0.25, 0.3) is 0 Å². The summed E-state index contributed by atoms with van der Waals surface area (Å²) in [5.74, 6) is 0.871. The lowest BCUT2D eigenvalue weighted by atomic mass is 9.69. The molecule has 4 rings (SSSR count). The second-order valence-corrected chi connectivity index (χ2v) is 7.86. The number of amides is 1. The van der Waals surface area contributed by atoms with Crippen molar-refractivity contribution in [3.05, 3.63) is 24.2 Å². The Labute approximate surface area is 143 Å². The van der Waals surface area contributed by atoms with Gasteiger partial charge in [0, 0.05) is 25.1 Å². The van der Waals surface area contributed by atoms with Crippen molar-refractivity contribution in [1.82, 2.24) is 10.2 Å². The summed E-state index contributed by atoms with van der Waals surface area (Å²) in [6, 6.07) is 2.23. The molecular weight excluding hydrogens is 304 g/mol. The molecule has 1 spiro atoms. The predicted octanol–water partition coefficient (Wildman–Crippen LogP) is 2.57. The molecule has 3 heterocycles. The van der Waals surface area contributed by atoms with Crippen molar-refractivity contribution in [3.8, 4) is 0 Å². The van der Waals surface area contributed by atoms with E-state index < -0.39 is 0 Å². The number of piperidine rings is 1. The van der Waals surface area contributed by atoms with Crippen molar-refractivity contribution in [2.24, 2.45) is 11.3 Å². The molecule has 132 valence electrons. The van der Waals surface area contributed by atoms with Crippen LogP contribution < -0.4 is 5.32 Å². The molecule has 5 nitrogen and oxygen atoms in total. The summed E-state index contributed by atoms with van der Waals surface area (Å²) in [6.45, 7) is 4.64. The van der Waals surface area contributed by atoms with Gasteiger partial charge >= 0.3 is 0 Å². The van der Waals surface area contributed by atoms with Crippen LogP contribution in [0, 0.1) is 11.3 Å². The van der Waals surface area contributed by atoms with E-state index >= 15 is 0 Å². The highest BCUT2D eigenvalue weighted by Gasteiger charge is 2.44. The standard InChI is InChI=1S/C19H28N2O3/c22-18(11-15-1-2-15)20-17-14-24-10-6-19(17)4-7-21(8-5-19)12-16-3-9-23-13-16/h3,9,13,15,17H,1-2,4-8,10-12,14H2,(H,20,22). The van der Waals surface area contributed by atoms with E-state index in [0.717, 1.165) is 45.5 Å². The van der Waals surface area contributed by atoms with E-state index in [0.29, 0.717) is 18.9 Å². The Hall–Kier alpha value is -1.33. The van der Waals surface area contributed by atoms with Crippen LogP contribution in [0.15, 0.2) is 23.0 Å². The zero-order chi connectivity index (χ0) is 16.4. The molecule has 1 aromatic heterocycles. The number of likely N-dealkylation sites (tertiary alicyclic amines) is 1. The number of carbonyl (C=O) groups is 1. The fraction of sp³-hybridized carbons (Fsp3) is 0.737. The van der Waals surface area contributed by atoms with Gasteiger partial charge in [0.1, 0.15) is 0 Å². The number of furan rings is 1. The van der Waals surface area contributed by atoms with Crippen molar-refractivity contribution in [2.75, 3.05) is 26.3 Å². The molecule has 24 heavy (non-hydrogen) atoms. The van der Waals surface area contributed by atoms with E-state index in [9.17, 15) is 4.79 Å². The molecule has 0 bridgehead atoms. The third-order valence-electron chi connectivity index (χ3n) is 6.11. The van der Waals surface area contributed by atoms with Crippen LogP contribution in [0.5, 0.6) is 0 Å². The first-order valence-corrected chi connectivity index (χ1v) is 9.34. The van der Waals surface area contributed by atoms with Gasteiger partial charge in [-0.1, -0.05) is 0 Å². The molecule has 3 aliphatic rings. The summed E-state index contributed by atoms with van der Waals surface area (Å²) < 4.78 is 10.9. The van der Waals surface area contributed by atoms with Gasteiger partial charge in [-0.15, -0.1) is 0 Å². The third-order valence-corrected chi connectivity index (χ3v) is 6.11. The predicted molar refractivity (Wildman–Crippen MR) is 90.4 cm³/mol. The van der Waals surface area contributed by atoms with Crippen LogP contribution in [0.2, 0.25) is 0 Å². The summed E-state index contributed by atoms with van der Waals surface area (Å²) in [7, 11) is 0. The van der Waals surface area contributed by atoms with Crippen LogP contribution in [0.3, 0.4) is 0 Å². The Balaban J connectivity index is 1.34. The highest BCUT2D eigenvalue weighted by Crippen LogP contribution is 2.41. The summed E-state index contributed by atoms with van der Waals surface area (Å²) in [4.78, 5) is 14.8. The van der Waals surface area contributed by atoms with E-state index in [1.165, 1.54) is 18.4 Å². The number of hydrogen-bond donors (Lipinski definition) is 1. The SMILES string of the molecule is O=C(CC1CC1)NC1COCCC12CCN(Cc1ccoc1)CC2. The largest absolute Gasteiger partial charge is 0.472 e. The molecule has 5 heteroatoms. The normalized spacial score (nSPS) is 27.2. The maximum atomic E-state index is 12.3. The summed E-state index contributed by atoms with van der Waals surface area (Å²) in [5.41, 5.74) is 1.47. The molecule has 1 amide bonds. The van der Waals surface area contributed by atoms with Gasteiger partial charge in [-0.25, -0.2) is 0 Å². The quantitative estimate of drug-likeness (QED) is 0.900. The monoisotopic (exact) mass is 332 g/mol. The molecule has 1 N–H and O–H groups in total. The average molecular weight is 332 g/mol. The smallest absolute Gasteiger partial charge is 0.220 e. The van der Waals surface area contributed by atoms with Crippen molar-refractivity contribution in [3.63, 3.8) is 0 Å². The van der Waals surface area contributed by atoms with E-state index in [2.05, 4.69) is 10.2 Å². The number of carbonyl (C=O) groups excluding carboxylic acids is 1. The van der Waals surface area contributed by atoms with Crippen molar-refractivity contribution >= 4 is 5.91 Å². The lowest BCUT2D eigenvalue weighted by Gasteiger charge is -2.49. The van der Waals surface area contributed by atoms with E-state index in [4.69, 9.17) is 9.15 Å². The average Bonchev–Trinajstić information content (AvgIpc) is 3.24. The van der Waals surface area contributed by atoms with Crippen molar-refractivity contribution in [1.29, 1.82) is 0 Å². The third kappa shape index (κ3) is 3.67. The van der Waals surface area contributed by atoms with Gasteiger partial charge in [0.05, 0.1) is 25.2 Å². The molecule has 3 fully saturated rings. The maximum absolute atomic E-state index is 12.3. The number of nitrogens with zero attached hydrogens (tertiary/aromatic N) is 1. The Bertz CT molecular complexity index is 545. The molecule has 1 aliphatic carbocycles.